The molecule has 0 spiro atoms. The number of hydrogen-bond donors (Lipinski definition) is 3. The third-order valence-electron chi connectivity index (χ3n) is 4.05. The average Bonchev–Trinajstić information content (AvgIpc) is 2.68. The van der Waals surface area contributed by atoms with Gasteiger partial charge in [0.05, 0.1) is 32.2 Å². The molecule has 2 aromatic heterocycles. The lowest BCUT2D eigenvalue weighted by atomic mass is 10.2. The molecule has 3 heterocycles. The van der Waals surface area contributed by atoms with Crippen molar-refractivity contribution in [3.63, 3.8) is 0 Å². The van der Waals surface area contributed by atoms with Crippen molar-refractivity contribution >= 4 is 23.1 Å². The Morgan fingerprint density at radius 3 is 2.46 bits per heavy atom. The largest absolute Gasteiger partial charge is 0.434 e. The van der Waals surface area contributed by atoms with Gasteiger partial charge in [-0.1, -0.05) is 0 Å². The Kier molecular flexibility index (Phi) is 6.15. The molecule has 1 atom stereocenters. The van der Waals surface area contributed by atoms with Crippen molar-refractivity contribution < 1.29 is 23.0 Å². The van der Waals surface area contributed by atoms with Crippen molar-refractivity contribution in [3.8, 4) is 0 Å². The molecule has 11 heteroatoms. The van der Waals surface area contributed by atoms with Gasteiger partial charge in [0.25, 0.3) is 0 Å². The lowest BCUT2D eigenvalue weighted by Gasteiger charge is -2.29. The van der Waals surface area contributed by atoms with Gasteiger partial charge in [-0.2, -0.15) is 13.2 Å². The van der Waals surface area contributed by atoms with Gasteiger partial charge in [-0.3, -0.25) is 0 Å². The van der Waals surface area contributed by atoms with Gasteiger partial charge in [-0.05, 0) is 6.92 Å². The van der Waals surface area contributed by atoms with Crippen LogP contribution in [0.1, 0.15) is 12.6 Å². The van der Waals surface area contributed by atoms with E-state index >= 15 is 0 Å². The zero-order chi connectivity index (χ0) is 20.1. The molecule has 28 heavy (non-hydrogen) atoms. The summed E-state index contributed by atoms with van der Waals surface area (Å²) >= 11 is 0. The van der Waals surface area contributed by atoms with Crippen molar-refractivity contribution in [1.29, 1.82) is 0 Å². The normalized spacial score (nSPS) is 16.0. The monoisotopic (exact) mass is 398 g/mol. The molecule has 0 unspecified atom stereocenters. The molecule has 0 radical (unpaired) electrons. The zero-order valence-corrected chi connectivity index (χ0v) is 15.2. The van der Waals surface area contributed by atoms with E-state index in [2.05, 4.69) is 30.5 Å². The van der Waals surface area contributed by atoms with Crippen LogP contribution in [0.2, 0.25) is 0 Å². The molecular formula is C17H21F3N6O2. The number of halogens is 3. The van der Waals surface area contributed by atoms with E-state index in [0.29, 0.717) is 44.1 Å². The first-order valence-corrected chi connectivity index (χ1v) is 8.73. The first kappa shape index (κ1) is 20.1. The van der Waals surface area contributed by atoms with Gasteiger partial charge in [0.2, 0.25) is 0 Å². The topological polar surface area (TPSA) is 95.4 Å². The molecule has 1 fully saturated rings. The predicted molar refractivity (Wildman–Crippen MR) is 97.8 cm³/mol. The molecule has 0 aliphatic carbocycles. The Hall–Kier alpha value is -2.66. The highest BCUT2D eigenvalue weighted by Crippen LogP contribution is 2.28. The Balaban J connectivity index is 1.84. The molecule has 0 saturated carbocycles. The van der Waals surface area contributed by atoms with Crippen LogP contribution in [0.4, 0.5) is 36.3 Å². The fourth-order valence-electron chi connectivity index (χ4n) is 2.63. The fraction of sp³-hybridized carbons (Fsp3) is 0.471. The standard InChI is InChI=1S/C17H21F3N6O2/c1-11(10-27)23-14-6-12(26-2-4-28-5-3-26)7-15(24-14)25-16-9-21-13(8-22-16)17(18,19)20/h6-9,11,27H,2-5,10H2,1H3,(H2,22,23,24,25)/t11-/m0/s1. The summed E-state index contributed by atoms with van der Waals surface area (Å²) in [4.78, 5) is 13.7. The van der Waals surface area contributed by atoms with Crippen LogP contribution >= 0.6 is 0 Å². The Labute approximate surface area is 159 Å². The number of rotatable bonds is 6. The SMILES string of the molecule is C[C@@H](CO)Nc1cc(N2CCOCC2)cc(Nc2cnc(C(F)(F)F)cn2)n1. The van der Waals surface area contributed by atoms with E-state index in [1.807, 2.05) is 6.07 Å². The summed E-state index contributed by atoms with van der Waals surface area (Å²) in [6.45, 7) is 4.35. The lowest BCUT2D eigenvalue weighted by Crippen LogP contribution is -2.36. The van der Waals surface area contributed by atoms with E-state index in [0.717, 1.165) is 11.9 Å². The second kappa shape index (κ2) is 8.57. The van der Waals surface area contributed by atoms with Crippen LogP contribution in [-0.4, -0.2) is 59.0 Å². The highest BCUT2D eigenvalue weighted by Gasteiger charge is 2.32. The van der Waals surface area contributed by atoms with Crippen LogP contribution in [0.3, 0.4) is 0 Å². The van der Waals surface area contributed by atoms with Gasteiger partial charge >= 0.3 is 6.18 Å². The summed E-state index contributed by atoms with van der Waals surface area (Å²) in [6.07, 6.45) is -2.87. The van der Waals surface area contributed by atoms with E-state index in [9.17, 15) is 18.3 Å². The summed E-state index contributed by atoms with van der Waals surface area (Å²) < 4.78 is 43.3. The minimum absolute atomic E-state index is 0.0728. The molecule has 152 valence electrons. The van der Waals surface area contributed by atoms with Crippen molar-refractivity contribution in [2.75, 3.05) is 48.4 Å². The highest BCUT2D eigenvalue weighted by molar-refractivity contribution is 5.65. The van der Waals surface area contributed by atoms with E-state index in [4.69, 9.17) is 4.74 Å². The van der Waals surface area contributed by atoms with Crippen LogP contribution < -0.4 is 15.5 Å². The zero-order valence-electron chi connectivity index (χ0n) is 15.2. The molecule has 0 bridgehead atoms. The number of ether oxygens (including phenoxy) is 1. The Bertz CT molecular complexity index is 781. The van der Waals surface area contributed by atoms with Crippen LogP contribution in [0.5, 0.6) is 0 Å². The molecule has 1 aliphatic heterocycles. The van der Waals surface area contributed by atoms with Gasteiger partial charge in [0.1, 0.15) is 17.5 Å². The summed E-state index contributed by atoms with van der Waals surface area (Å²) in [5.41, 5.74) is -0.194. The molecule has 2 aromatic rings. The number of aromatic nitrogens is 3. The number of hydrogen-bond acceptors (Lipinski definition) is 8. The molecular weight excluding hydrogens is 377 g/mol. The van der Waals surface area contributed by atoms with Crippen LogP contribution in [0, 0.1) is 0 Å². The van der Waals surface area contributed by atoms with Gasteiger partial charge in [0.15, 0.2) is 5.69 Å². The number of nitrogens with one attached hydrogen (secondary N) is 2. The van der Waals surface area contributed by atoms with Crippen molar-refractivity contribution in [2.24, 2.45) is 0 Å². The van der Waals surface area contributed by atoms with E-state index in [1.165, 1.54) is 0 Å². The minimum Gasteiger partial charge on any atom is -0.394 e. The van der Waals surface area contributed by atoms with E-state index in [-0.39, 0.29) is 18.5 Å². The van der Waals surface area contributed by atoms with E-state index < -0.39 is 11.9 Å². The molecule has 1 saturated heterocycles. The van der Waals surface area contributed by atoms with Gasteiger partial charge in [0, 0.05) is 37.0 Å². The lowest BCUT2D eigenvalue weighted by molar-refractivity contribution is -0.141. The van der Waals surface area contributed by atoms with Crippen LogP contribution in [0.25, 0.3) is 0 Å². The molecule has 8 nitrogen and oxygen atoms in total. The Morgan fingerprint density at radius 2 is 1.86 bits per heavy atom. The predicted octanol–water partition coefficient (Wildman–Crippen LogP) is 2.26. The second-order valence-corrected chi connectivity index (χ2v) is 6.33. The molecule has 0 aromatic carbocycles. The number of nitrogens with zero attached hydrogens (tertiary/aromatic N) is 4. The summed E-state index contributed by atoms with van der Waals surface area (Å²) in [5, 5.41) is 15.2. The maximum absolute atomic E-state index is 12.6. The van der Waals surface area contributed by atoms with Crippen LogP contribution in [0.15, 0.2) is 24.5 Å². The first-order valence-electron chi connectivity index (χ1n) is 8.73. The molecule has 1 aliphatic rings. The van der Waals surface area contributed by atoms with Crippen molar-refractivity contribution in [1.82, 2.24) is 15.0 Å². The summed E-state index contributed by atoms with van der Waals surface area (Å²) in [5.74, 6) is 1.05. The molecule has 3 rings (SSSR count). The Morgan fingerprint density at radius 1 is 1.14 bits per heavy atom. The second-order valence-electron chi connectivity index (χ2n) is 6.33. The molecule has 3 N–H and O–H groups in total. The summed E-state index contributed by atoms with van der Waals surface area (Å²) in [6, 6.07) is 3.41. The maximum atomic E-state index is 12.6. The summed E-state index contributed by atoms with van der Waals surface area (Å²) in [7, 11) is 0. The van der Waals surface area contributed by atoms with Gasteiger partial charge in [-0.25, -0.2) is 15.0 Å². The molecule has 0 amide bonds. The van der Waals surface area contributed by atoms with Crippen LogP contribution in [-0.2, 0) is 10.9 Å². The third-order valence-corrected chi connectivity index (χ3v) is 4.05. The van der Waals surface area contributed by atoms with E-state index in [1.54, 1.807) is 13.0 Å². The third kappa shape index (κ3) is 5.20. The van der Waals surface area contributed by atoms with Gasteiger partial charge < -0.3 is 25.4 Å². The number of anilines is 4. The van der Waals surface area contributed by atoms with Gasteiger partial charge in [-0.15, -0.1) is 0 Å². The fourth-order valence-corrected chi connectivity index (χ4v) is 2.63. The number of aliphatic hydroxyl groups is 1. The number of alkyl halides is 3. The maximum Gasteiger partial charge on any atom is 0.434 e. The first-order chi connectivity index (χ1) is 13.3. The van der Waals surface area contributed by atoms with Crippen molar-refractivity contribution in [3.05, 3.63) is 30.2 Å². The smallest absolute Gasteiger partial charge is 0.394 e. The highest BCUT2D eigenvalue weighted by atomic mass is 19.4. The number of morpholine rings is 1. The quantitative estimate of drug-likeness (QED) is 0.682. The van der Waals surface area contributed by atoms with Crippen molar-refractivity contribution in [2.45, 2.75) is 19.1 Å². The average molecular weight is 398 g/mol. The number of aliphatic hydroxyl groups excluding tert-OH is 1. The minimum atomic E-state index is -4.54. The number of pyridine rings is 1.